The Balaban J connectivity index is 1.69. The summed E-state index contributed by atoms with van der Waals surface area (Å²) < 4.78 is 14.5. The maximum absolute atomic E-state index is 12.8. The van der Waals surface area contributed by atoms with E-state index >= 15 is 0 Å². The molecule has 5 heteroatoms. The van der Waals surface area contributed by atoms with Gasteiger partial charge >= 0.3 is 0 Å². The molecule has 0 aliphatic carbocycles. The molecule has 1 aromatic carbocycles. The lowest BCUT2D eigenvalue weighted by Gasteiger charge is -2.02. The first kappa shape index (κ1) is 12.3. The van der Waals surface area contributed by atoms with E-state index in [0.717, 1.165) is 11.2 Å². The fourth-order valence-electron chi connectivity index (χ4n) is 1.95. The van der Waals surface area contributed by atoms with Gasteiger partial charge in [0.25, 0.3) is 5.91 Å². The van der Waals surface area contributed by atoms with Crippen LogP contribution in [0.25, 0.3) is 5.52 Å². The van der Waals surface area contributed by atoms with Gasteiger partial charge in [0.05, 0.1) is 17.8 Å². The number of halogens is 1. The van der Waals surface area contributed by atoms with Gasteiger partial charge < -0.3 is 5.32 Å². The molecule has 3 rings (SSSR count). The first-order valence-corrected chi connectivity index (χ1v) is 6.19. The lowest BCUT2D eigenvalue weighted by molar-refractivity contribution is 0.0950. The van der Waals surface area contributed by atoms with Crippen molar-refractivity contribution in [2.75, 3.05) is 0 Å². The minimum absolute atomic E-state index is 0.248. The second kappa shape index (κ2) is 5.13. The van der Waals surface area contributed by atoms with E-state index in [4.69, 9.17) is 0 Å². The number of carbonyl (C=O) groups is 1. The van der Waals surface area contributed by atoms with Crippen molar-refractivity contribution >= 4 is 11.4 Å². The van der Waals surface area contributed by atoms with E-state index in [1.165, 1.54) is 24.3 Å². The van der Waals surface area contributed by atoms with Crippen LogP contribution in [-0.2, 0) is 6.54 Å². The smallest absolute Gasteiger partial charge is 0.251 e. The zero-order valence-electron chi connectivity index (χ0n) is 10.6. The molecule has 2 aromatic heterocycles. The predicted octanol–water partition coefficient (Wildman–Crippen LogP) is 2.40. The number of amides is 1. The molecule has 100 valence electrons. The zero-order chi connectivity index (χ0) is 13.9. The number of nitrogens with one attached hydrogen (secondary N) is 1. The third-order valence-electron chi connectivity index (χ3n) is 2.96. The first-order valence-electron chi connectivity index (χ1n) is 6.19. The Morgan fingerprint density at radius 2 is 2.00 bits per heavy atom. The molecule has 1 N–H and O–H groups in total. The van der Waals surface area contributed by atoms with Gasteiger partial charge in [-0.3, -0.25) is 4.79 Å². The summed E-state index contributed by atoms with van der Waals surface area (Å²) >= 11 is 0. The number of rotatable bonds is 3. The monoisotopic (exact) mass is 269 g/mol. The van der Waals surface area contributed by atoms with Gasteiger partial charge in [0, 0.05) is 11.8 Å². The van der Waals surface area contributed by atoms with Crippen molar-refractivity contribution in [2.45, 2.75) is 6.54 Å². The van der Waals surface area contributed by atoms with Crippen LogP contribution >= 0.6 is 0 Å². The number of benzene rings is 1. The molecule has 0 atom stereocenters. The topological polar surface area (TPSA) is 46.4 Å². The average Bonchev–Trinajstić information content (AvgIpc) is 2.88. The van der Waals surface area contributed by atoms with E-state index in [0.29, 0.717) is 12.1 Å². The summed E-state index contributed by atoms with van der Waals surface area (Å²) in [5, 5.41) is 7.09. The lowest BCUT2D eigenvalue weighted by atomic mass is 10.2. The van der Waals surface area contributed by atoms with Gasteiger partial charge in [0.1, 0.15) is 5.82 Å². The summed E-state index contributed by atoms with van der Waals surface area (Å²) in [5.74, 6) is -0.607. The summed E-state index contributed by atoms with van der Waals surface area (Å²) in [5.41, 5.74) is 2.17. The van der Waals surface area contributed by atoms with E-state index in [2.05, 4.69) is 10.4 Å². The van der Waals surface area contributed by atoms with Gasteiger partial charge in [-0.1, -0.05) is 6.07 Å². The highest BCUT2D eigenvalue weighted by molar-refractivity contribution is 5.94. The molecular weight excluding hydrogens is 257 g/mol. The maximum Gasteiger partial charge on any atom is 0.251 e. The van der Waals surface area contributed by atoms with Crippen LogP contribution in [0, 0.1) is 5.82 Å². The number of hydrogen-bond donors (Lipinski definition) is 1. The second-order valence-corrected chi connectivity index (χ2v) is 4.40. The van der Waals surface area contributed by atoms with Crippen LogP contribution < -0.4 is 5.32 Å². The Labute approximate surface area is 114 Å². The SMILES string of the molecule is O=C(NCc1cc2ccccn2n1)c1ccc(F)cc1. The van der Waals surface area contributed by atoms with E-state index in [-0.39, 0.29) is 11.7 Å². The number of aromatic nitrogens is 2. The molecule has 0 aliphatic heterocycles. The molecule has 0 aliphatic rings. The molecule has 0 saturated carbocycles. The fraction of sp³-hybridized carbons (Fsp3) is 0.0667. The van der Waals surface area contributed by atoms with Gasteiger partial charge in [0.15, 0.2) is 0 Å². The van der Waals surface area contributed by atoms with Crippen LogP contribution in [0.4, 0.5) is 4.39 Å². The number of fused-ring (bicyclic) bond motifs is 1. The summed E-state index contributed by atoms with van der Waals surface area (Å²) in [7, 11) is 0. The molecule has 0 fully saturated rings. The van der Waals surface area contributed by atoms with Crippen LogP contribution in [-0.4, -0.2) is 15.5 Å². The lowest BCUT2D eigenvalue weighted by Crippen LogP contribution is -2.22. The molecule has 0 unspecified atom stereocenters. The minimum Gasteiger partial charge on any atom is -0.346 e. The Kier molecular flexibility index (Phi) is 3.16. The van der Waals surface area contributed by atoms with Crippen molar-refractivity contribution in [2.24, 2.45) is 0 Å². The predicted molar refractivity (Wildman–Crippen MR) is 72.8 cm³/mol. The molecule has 0 spiro atoms. The summed E-state index contributed by atoms with van der Waals surface area (Å²) in [4.78, 5) is 11.9. The molecule has 2 heterocycles. The van der Waals surface area contributed by atoms with Crippen LogP contribution in [0.5, 0.6) is 0 Å². The van der Waals surface area contributed by atoms with E-state index in [1.807, 2.05) is 30.5 Å². The van der Waals surface area contributed by atoms with Gasteiger partial charge in [-0.05, 0) is 42.5 Å². The van der Waals surface area contributed by atoms with Crippen LogP contribution in [0.2, 0.25) is 0 Å². The van der Waals surface area contributed by atoms with Gasteiger partial charge in [0.2, 0.25) is 0 Å². The highest BCUT2D eigenvalue weighted by atomic mass is 19.1. The summed E-state index contributed by atoms with van der Waals surface area (Å²) in [6, 6.07) is 13.1. The number of nitrogens with zero attached hydrogens (tertiary/aromatic N) is 2. The molecule has 3 aromatic rings. The molecule has 0 bridgehead atoms. The van der Waals surface area contributed by atoms with Crippen molar-refractivity contribution in [1.82, 2.24) is 14.9 Å². The van der Waals surface area contributed by atoms with Crippen molar-refractivity contribution in [3.05, 3.63) is 71.8 Å². The standard InChI is InChI=1S/C15H12FN3O/c16-12-6-4-11(5-7-12)15(20)17-10-13-9-14-3-1-2-8-19(14)18-13/h1-9H,10H2,(H,17,20). The average molecular weight is 269 g/mol. The maximum atomic E-state index is 12.8. The molecule has 4 nitrogen and oxygen atoms in total. The number of pyridine rings is 1. The quantitative estimate of drug-likeness (QED) is 0.793. The van der Waals surface area contributed by atoms with Gasteiger partial charge in [-0.2, -0.15) is 5.10 Å². The Bertz CT molecular complexity index is 716. The third kappa shape index (κ3) is 2.51. The van der Waals surface area contributed by atoms with Gasteiger partial charge in [-0.25, -0.2) is 8.91 Å². The zero-order valence-corrected chi connectivity index (χ0v) is 10.6. The molecular formula is C15H12FN3O. The molecule has 0 saturated heterocycles. The third-order valence-corrected chi connectivity index (χ3v) is 2.96. The largest absolute Gasteiger partial charge is 0.346 e. The number of carbonyl (C=O) groups excluding carboxylic acids is 1. The molecule has 20 heavy (non-hydrogen) atoms. The Morgan fingerprint density at radius 3 is 2.75 bits per heavy atom. The Hall–Kier alpha value is -2.69. The highest BCUT2D eigenvalue weighted by Crippen LogP contribution is 2.06. The minimum atomic E-state index is -0.359. The second-order valence-electron chi connectivity index (χ2n) is 4.40. The number of hydrogen-bond acceptors (Lipinski definition) is 2. The summed E-state index contributed by atoms with van der Waals surface area (Å²) in [6.45, 7) is 0.331. The summed E-state index contributed by atoms with van der Waals surface area (Å²) in [6.07, 6.45) is 1.85. The van der Waals surface area contributed by atoms with Crippen LogP contribution in [0.3, 0.4) is 0 Å². The highest BCUT2D eigenvalue weighted by Gasteiger charge is 2.07. The normalized spacial score (nSPS) is 10.7. The van der Waals surface area contributed by atoms with Crippen molar-refractivity contribution in [3.63, 3.8) is 0 Å². The van der Waals surface area contributed by atoms with Crippen LogP contribution in [0.1, 0.15) is 16.1 Å². The van der Waals surface area contributed by atoms with Crippen molar-refractivity contribution < 1.29 is 9.18 Å². The van der Waals surface area contributed by atoms with Crippen molar-refractivity contribution in [1.29, 1.82) is 0 Å². The van der Waals surface area contributed by atoms with E-state index in [9.17, 15) is 9.18 Å². The molecule has 0 radical (unpaired) electrons. The van der Waals surface area contributed by atoms with Crippen LogP contribution in [0.15, 0.2) is 54.7 Å². The first-order chi connectivity index (χ1) is 9.72. The fourth-order valence-corrected chi connectivity index (χ4v) is 1.95. The van der Waals surface area contributed by atoms with Crippen molar-refractivity contribution in [3.8, 4) is 0 Å². The Morgan fingerprint density at radius 1 is 1.20 bits per heavy atom. The van der Waals surface area contributed by atoms with E-state index in [1.54, 1.807) is 4.52 Å². The van der Waals surface area contributed by atoms with Gasteiger partial charge in [-0.15, -0.1) is 0 Å². The van der Waals surface area contributed by atoms with E-state index < -0.39 is 0 Å². The molecule has 1 amide bonds.